The molecule has 0 atom stereocenters. The SMILES string of the molecule is O=C(O)c1cccc(COc2ccc(-c3ccccc3Oc3ccccc3)cc2)c1. The van der Waals surface area contributed by atoms with Gasteiger partial charge in [-0.1, -0.05) is 60.7 Å². The summed E-state index contributed by atoms with van der Waals surface area (Å²) in [5.41, 5.74) is 3.06. The molecule has 0 bridgehead atoms. The Balaban J connectivity index is 1.48. The van der Waals surface area contributed by atoms with Gasteiger partial charge in [-0.25, -0.2) is 4.79 Å². The summed E-state index contributed by atoms with van der Waals surface area (Å²) in [5.74, 6) is 1.33. The van der Waals surface area contributed by atoms with Crippen LogP contribution in [0.5, 0.6) is 17.2 Å². The first-order chi connectivity index (χ1) is 14.7. The van der Waals surface area contributed by atoms with E-state index in [1.807, 2.05) is 84.9 Å². The minimum atomic E-state index is -0.947. The molecular weight excluding hydrogens is 376 g/mol. The van der Waals surface area contributed by atoms with Crippen LogP contribution >= 0.6 is 0 Å². The lowest BCUT2D eigenvalue weighted by Crippen LogP contribution is -2.00. The van der Waals surface area contributed by atoms with Crippen LogP contribution in [0, 0.1) is 0 Å². The Morgan fingerprint density at radius 1 is 0.733 bits per heavy atom. The second kappa shape index (κ2) is 8.97. The second-order valence-corrected chi connectivity index (χ2v) is 6.73. The molecule has 0 saturated carbocycles. The fourth-order valence-electron chi connectivity index (χ4n) is 3.10. The predicted octanol–water partition coefficient (Wildman–Crippen LogP) is 6.42. The fourth-order valence-corrected chi connectivity index (χ4v) is 3.10. The summed E-state index contributed by atoms with van der Waals surface area (Å²) in [6.07, 6.45) is 0. The lowest BCUT2D eigenvalue weighted by molar-refractivity contribution is 0.0696. The molecule has 148 valence electrons. The van der Waals surface area contributed by atoms with Gasteiger partial charge in [0.15, 0.2) is 0 Å². The van der Waals surface area contributed by atoms with E-state index >= 15 is 0 Å². The smallest absolute Gasteiger partial charge is 0.335 e. The van der Waals surface area contributed by atoms with Crippen molar-refractivity contribution < 1.29 is 19.4 Å². The Morgan fingerprint density at radius 2 is 1.47 bits per heavy atom. The molecule has 4 nitrogen and oxygen atoms in total. The zero-order valence-corrected chi connectivity index (χ0v) is 16.2. The number of benzene rings is 4. The maximum Gasteiger partial charge on any atom is 0.335 e. The minimum absolute atomic E-state index is 0.251. The van der Waals surface area contributed by atoms with Crippen LogP contribution in [0.1, 0.15) is 15.9 Å². The molecule has 4 rings (SSSR count). The number of carboxylic acids is 1. The van der Waals surface area contributed by atoms with Crippen LogP contribution in [0.2, 0.25) is 0 Å². The van der Waals surface area contributed by atoms with E-state index in [0.29, 0.717) is 12.4 Å². The summed E-state index contributed by atoms with van der Waals surface area (Å²) in [6, 6.07) is 32.1. The van der Waals surface area contributed by atoms with Crippen molar-refractivity contribution in [3.05, 3.63) is 114 Å². The van der Waals surface area contributed by atoms with Crippen molar-refractivity contribution in [1.29, 1.82) is 0 Å². The first-order valence-corrected chi connectivity index (χ1v) is 9.56. The van der Waals surface area contributed by atoms with Gasteiger partial charge in [-0.15, -0.1) is 0 Å². The Hall–Kier alpha value is -4.05. The predicted molar refractivity (Wildman–Crippen MR) is 116 cm³/mol. The van der Waals surface area contributed by atoms with Gasteiger partial charge < -0.3 is 14.6 Å². The molecule has 0 radical (unpaired) electrons. The Labute approximate surface area is 175 Å². The summed E-state index contributed by atoms with van der Waals surface area (Å²) in [5, 5.41) is 9.10. The van der Waals surface area contributed by atoms with Crippen molar-refractivity contribution in [1.82, 2.24) is 0 Å². The van der Waals surface area contributed by atoms with Crippen LogP contribution in [-0.2, 0) is 6.61 Å². The van der Waals surface area contributed by atoms with Crippen LogP contribution in [0.25, 0.3) is 11.1 Å². The minimum Gasteiger partial charge on any atom is -0.489 e. The number of hydrogen-bond donors (Lipinski definition) is 1. The summed E-state index contributed by atoms with van der Waals surface area (Å²) < 4.78 is 11.9. The van der Waals surface area contributed by atoms with Crippen LogP contribution < -0.4 is 9.47 Å². The van der Waals surface area contributed by atoms with E-state index in [0.717, 1.165) is 28.2 Å². The highest BCUT2D eigenvalue weighted by molar-refractivity contribution is 5.87. The maximum atomic E-state index is 11.1. The Bertz CT molecular complexity index is 1140. The first kappa shape index (κ1) is 19.3. The third-order valence-corrected chi connectivity index (χ3v) is 4.60. The van der Waals surface area contributed by atoms with Crippen LogP contribution in [-0.4, -0.2) is 11.1 Å². The van der Waals surface area contributed by atoms with Crippen molar-refractivity contribution in [2.45, 2.75) is 6.61 Å². The highest BCUT2D eigenvalue weighted by Gasteiger charge is 2.08. The van der Waals surface area contributed by atoms with Gasteiger partial charge >= 0.3 is 5.97 Å². The molecule has 30 heavy (non-hydrogen) atoms. The van der Waals surface area contributed by atoms with Gasteiger partial charge in [0.1, 0.15) is 23.9 Å². The zero-order valence-electron chi connectivity index (χ0n) is 16.2. The van der Waals surface area contributed by atoms with E-state index < -0.39 is 5.97 Å². The van der Waals surface area contributed by atoms with Crippen molar-refractivity contribution in [3.8, 4) is 28.4 Å². The Kier molecular flexibility index (Phi) is 5.76. The Morgan fingerprint density at radius 3 is 2.23 bits per heavy atom. The van der Waals surface area contributed by atoms with Gasteiger partial charge in [0, 0.05) is 5.56 Å². The fraction of sp³-hybridized carbons (Fsp3) is 0.0385. The third-order valence-electron chi connectivity index (χ3n) is 4.60. The van der Waals surface area contributed by atoms with Gasteiger partial charge in [0.25, 0.3) is 0 Å². The van der Waals surface area contributed by atoms with Crippen LogP contribution in [0.3, 0.4) is 0 Å². The van der Waals surface area contributed by atoms with E-state index in [2.05, 4.69) is 0 Å². The average Bonchev–Trinajstić information content (AvgIpc) is 2.79. The number of aromatic carboxylic acids is 1. The summed E-state index contributed by atoms with van der Waals surface area (Å²) in [4.78, 5) is 11.1. The van der Waals surface area contributed by atoms with Crippen molar-refractivity contribution in [2.24, 2.45) is 0 Å². The lowest BCUT2D eigenvalue weighted by atomic mass is 10.0. The molecule has 0 spiro atoms. The molecule has 0 unspecified atom stereocenters. The molecule has 0 amide bonds. The quantitative estimate of drug-likeness (QED) is 0.391. The monoisotopic (exact) mass is 396 g/mol. The summed E-state index contributed by atoms with van der Waals surface area (Å²) >= 11 is 0. The molecule has 4 aromatic rings. The number of carbonyl (C=O) groups is 1. The molecule has 4 aromatic carbocycles. The molecule has 4 heteroatoms. The topological polar surface area (TPSA) is 55.8 Å². The maximum absolute atomic E-state index is 11.1. The highest BCUT2D eigenvalue weighted by atomic mass is 16.5. The van der Waals surface area contributed by atoms with Crippen molar-refractivity contribution in [3.63, 3.8) is 0 Å². The molecule has 0 aliphatic heterocycles. The standard InChI is InChI=1S/C26H20O4/c27-26(28)21-8-6-7-19(17-21)18-29-22-15-13-20(14-16-22)24-11-4-5-12-25(24)30-23-9-2-1-3-10-23/h1-17H,18H2,(H,27,28). The third kappa shape index (κ3) is 4.67. The lowest BCUT2D eigenvalue weighted by Gasteiger charge is -2.12. The molecule has 0 aromatic heterocycles. The number of hydrogen-bond acceptors (Lipinski definition) is 3. The summed E-state index contributed by atoms with van der Waals surface area (Å²) in [7, 11) is 0. The zero-order chi connectivity index (χ0) is 20.8. The summed E-state index contributed by atoms with van der Waals surface area (Å²) in [6.45, 7) is 0.300. The first-order valence-electron chi connectivity index (χ1n) is 9.56. The van der Waals surface area contributed by atoms with E-state index in [-0.39, 0.29) is 5.56 Å². The normalized spacial score (nSPS) is 10.4. The number of ether oxygens (including phenoxy) is 2. The van der Waals surface area contributed by atoms with Gasteiger partial charge in [0.2, 0.25) is 0 Å². The molecular formula is C26H20O4. The van der Waals surface area contributed by atoms with Crippen LogP contribution in [0.15, 0.2) is 103 Å². The van der Waals surface area contributed by atoms with E-state index in [1.165, 1.54) is 0 Å². The van der Waals surface area contributed by atoms with Crippen LogP contribution in [0.4, 0.5) is 0 Å². The van der Waals surface area contributed by atoms with E-state index in [9.17, 15) is 4.79 Å². The number of rotatable bonds is 7. The van der Waals surface area contributed by atoms with Crippen molar-refractivity contribution in [2.75, 3.05) is 0 Å². The molecule has 0 aliphatic carbocycles. The van der Waals surface area contributed by atoms with Gasteiger partial charge in [-0.2, -0.15) is 0 Å². The molecule has 0 fully saturated rings. The molecule has 0 heterocycles. The largest absolute Gasteiger partial charge is 0.489 e. The van der Waals surface area contributed by atoms with E-state index in [1.54, 1.807) is 18.2 Å². The van der Waals surface area contributed by atoms with Gasteiger partial charge in [-0.3, -0.25) is 0 Å². The van der Waals surface area contributed by atoms with Gasteiger partial charge in [-0.05, 0) is 53.6 Å². The van der Waals surface area contributed by atoms with Gasteiger partial charge in [0.05, 0.1) is 5.56 Å². The molecule has 1 N–H and O–H groups in total. The number of para-hydroxylation sites is 2. The average molecular weight is 396 g/mol. The number of carboxylic acid groups (broad SMARTS) is 1. The highest BCUT2D eigenvalue weighted by Crippen LogP contribution is 2.34. The van der Waals surface area contributed by atoms with E-state index in [4.69, 9.17) is 14.6 Å². The van der Waals surface area contributed by atoms with Crippen molar-refractivity contribution >= 4 is 5.97 Å². The molecule has 0 saturated heterocycles. The second-order valence-electron chi connectivity index (χ2n) is 6.73. The molecule has 0 aliphatic rings.